The van der Waals surface area contributed by atoms with Crippen LogP contribution in [0.3, 0.4) is 0 Å². The summed E-state index contributed by atoms with van der Waals surface area (Å²) >= 11 is 0. The fraction of sp³-hybridized carbons (Fsp3) is 0.500. The normalized spacial score (nSPS) is 17.8. The van der Waals surface area contributed by atoms with E-state index in [1.807, 2.05) is 45.9 Å². The minimum Gasteiger partial charge on any atom is -0.464 e. The SMILES string of the molecule is COC(=O)c1ncn2c1C(=O)N(c1ccc(C)c(C)c1)C(C)(C(=O)NCCCOC(C)C)C2. The molecule has 33 heavy (non-hydrogen) atoms. The molecule has 0 aliphatic carbocycles. The maximum absolute atomic E-state index is 13.7. The van der Waals surface area contributed by atoms with E-state index < -0.39 is 17.4 Å². The van der Waals surface area contributed by atoms with Crippen LogP contribution >= 0.6 is 0 Å². The molecular formula is C24H32N4O5. The van der Waals surface area contributed by atoms with E-state index in [4.69, 9.17) is 9.47 Å². The minimum absolute atomic E-state index is 0.0652. The molecule has 0 bridgehead atoms. The van der Waals surface area contributed by atoms with Crippen LogP contribution in [0.25, 0.3) is 0 Å². The van der Waals surface area contributed by atoms with Crippen LogP contribution < -0.4 is 10.2 Å². The van der Waals surface area contributed by atoms with Gasteiger partial charge in [0.2, 0.25) is 5.91 Å². The fourth-order valence-corrected chi connectivity index (χ4v) is 3.93. The lowest BCUT2D eigenvalue weighted by Crippen LogP contribution is -2.64. The van der Waals surface area contributed by atoms with E-state index in [1.54, 1.807) is 11.5 Å². The summed E-state index contributed by atoms with van der Waals surface area (Å²) in [5, 5.41) is 2.95. The number of imidazole rings is 1. The van der Waals surface area contributed by atoms with Crippen LogP contribution in [-0.4, -0.2) is 59.2 Å². The van der Waals surface area contributed by atoms with Crippen LogP contribution in [0.2, 0.25) is 0 Å². The highest BCUT2D eigenvalue weighted by Crippen LogP contribution is 2.34. The molecule has 0 fully saturated rings. The first kappa shape index (κ1) is 24.4. The van der Waals surface area contributed by atoms with E-state index >= 15 is 0 Å². The maximum Gasteiger partial charge on any atom is 0.359 e. The number of nitrogens with one attached hydrogen (secondary N) is 1. The molecule has 2 amide bonds. The van der Waals surface area contributed by atoms with Crippen LogP contribution in [0.15, 0.2) is 24.5 Å². The molecule has 1 aliphatic heterocycles. The van der Waals surface area contributed by atoms with Crippen molar-refractivity contribution in [2.24, 2.45) is 0 Å². The van der Waals surface area contributed by atoms with Crippen molar-refractivity contribution in [1.29, 1.82) is 0 Å². The Hall–Kier alpha value is -3.20. The van der Waals surface area contributed by atoms with E-state index in [2.05, 4.69) is 10.3 Å². The van der Waals surface area contributed by atoms with E-state index in [0.717, 1.165) is 11.1 Å². The number of aryl methyl sites for hydroxylation is 2. The first-order valence-corrected chi connectivity index (χ1v) is 11.0. The highest BCUT2D eigenvalue weighted by atomic mass is 16.5. The number of fused-ring (bicyclic) bond motifs is 1. The van der Waals surface area contributed by atoms with Gasteiger partial charge in [-0.3, -0.25) is 14.5 Å². The third kappa shape index (κ3) is 4.78. The summed E-state index contributed by atoms with van der Waals surface area (Å²) < 4.78 is 11.9. The van der Waals surface area contributed by atoms with Crippen molar-refractivity contribution in [2.75, 3.05) is 25.2 Å². The molecule has 1 atom stereocenters. The fourth-order valence-electron chi connectivity index (χ4n) is 3.93. The van der Waals surface area contributed by atoms with Gasteiger partial charge in [-0.25, -0.2) is 9.78 Å². The largest absolute Gasteiger partial charge is 0.464 e. The second-order valence-corrected chi connectivity index (χ2v) is 8.77. The average Bonchev–Trinajstić information content (AvgIpc) is 3.18. The van der Waals surface area contributed by atoms with E-state index in [9.17, 15) is 14.4 Å². The number of esters is 1. The molecule has 2 heterocycles. The molecule has 1 unspecified atom stereocenters. The number of anilines is 1. The van der Waals surface area contributed by atoms with Gasteiger partial charge in [-0.2, -0.15) is 0 Å². The second kappa shape index (κ2) is 9.74. The average molecular weight is 457 g/mol. The Balaban J connectivity index is 1.98. The number of ether oxygens (including phenoxy) is 2. The second-order valence-electron chi connectivity index (χ2n) is 8.77. The number of methoxy groups -OCH3 is 1. The lowest BCUT2D eigenvalue weighted by Gasteiger charge is -2.43. The van der Waals surface area contributed by atoms with Crippen LogP contribution in [-0.2, 0) is 20.8 Å². The summed E-state index contributed by atoms with van der Waals surface area (Å²) in [5.41, 5.74) is 1.44. The monoisotopic (exact) mass is 456 g/mol. The molecule has 9 heteroatoms. The standard InChI is InChI=1S/C24H32N4O5/c1-15(2)33-11-7-10-25-23(31)24(5)13-27-14-26-19(22(30)32-6)20(27)21(29)28(24)18-9-8-16(3)17(4)12-18/h8-9,12,14-15H,7,10-11,13H2,1-6H3,(H,25,31). The Kier molecular flexibility index (Phi) is 7.22. The molecule has 9 nitrogen and oxygen atoms in total. The zero-order valence-electron chi connectivity index (χ0n) is 20.1. The molecule has 3 rings (SSSR count). The van der Waals surface area contributed by atoms with Crippen LogP contribution in [0.1, 0.15) is 59.3 Å². The number of hydrogen-bond acceptors (Lipinski definition) is 6. The molecule has 1 aliphatic rings. The molecular weight excluding hydrogens is 424 g/mol. The van der Waals surface area contributed by atoms with E-state index in [-0.39, 0.29) is 29.9 Å². The van der Waals surface area contributed by atoms with Crippen molar-refractivity contribution < 1.29 is 23.9 Å². The van der Waals surface area contributed by atoms with Gasteiger partial charge < -0.3 is 19.4 Å². The van der Waals surface area contributed by atoms with E-state index in [0.29, 0.717) is 25.3 Å². The van der Waals surface area contributed by atoms with Gasteiger partial charge in [0.1, 0.15) is 11.2 Å². The summed E-state index contributed by atoms with van der Waals surface area (Å²) in [5.74, 6) is -1.48. The topological polar surface area (TPSA) is 103 Å². The number of hydrogen-bond donors (Lipinski definition) is 1. The molecule has 0 spiro atoms. The Bertz CT molecular complexity index is 1060. The third-order valence-corrected chi connectivity index (χ3v) is 5.89. The summed E-state index contributed by atoms with van der Waals surface area (Å²) in [7, 11) is 1.24. The van der Waals surface area contributed by atoms with Crippen molar-refractivity contribution in [1.82, 2.24) is 14.9 Å². The van der Waals surface area contributed by atoms with Crippen LogP contribution in [0.4, 0.5) is 5.69 Å². The molecule has 1 aromatic heterocycles. The molecule has 1 N–H and O–H groups in total. The van der Waals surface area contributed by atoms with Crippen molar-refractivity contribution in [3.63, 3.8) is 0 Å². The van der Waals surface area contributed by atoms with Gasteiger partial charge in [0, 0.05) is 18.8 Å². The lowest BCUT2D eigenvalue weighted by molar-refractivity contribution is -0.126. The summed E-state index contributed by atoms with van der Waals surface area (Å²) in [4.78, 5) is 45.0. The molecule has 2 aromatic rings. The Morgan fingerprint density at radius 3 is 2.61 bits per heavy atom. The predicted octanol–water partition coefficient (Wildman–Crippen LogP) is 2.64. The van der Waals surface area contributed by atoms with Crippen LogP contribution in [0, 0.1) is 13.8 Å². The van der Waals surface area contributed by atoms with Gasteiger partial charge in [-0.15, -0.1) is 0 Å². The smallest absolute Gasteiger partial charge is 0.359 e. The number of nitrogens with zero attached hydrogens (tertiary/aromatic N) is 3. The van der Waals surface area contributed by atoms with Crippen molar-refractivity contribution in [3.05, 3.63) is 47.0 Å². The molecule has 0 saturated carbocycles. The third-order valence-electron chi connectivity index (χ3n) is 5.89. The summed E-state index contributed by atoms with van der Waals surface area (Å²) in [6.45, 7) is 10.7. The number of amides is 2. The quantitative estimate of drug-likeness (QED) is 0.484. The zero-order valence-corrected chi connectivity index (χ0v) is 20.1. The Morgan fingerprint density at radius 1 is 1.24 bits per heavy atom. The van der Waals surface area contributed by atoms with Gasteiger partial charge in [0.05, 0.1) is 26.1 Å². The van der Waals surface area contributed by atoms with E-state index in [1.165, 1.54) is 18.3 Å². The number of rotatable bonds is 8. The van der Waals surface area contributed by atoms with Gasteiger partial charge >= 0.3 is 5.97 Å². The van der Waals surface area contributed by atoms with Crippen molar-refractivity contribution in [3.8, 4) is 0 Å². The molecule has 178 valence electrons. The Morgan fingerprint density at radius 2 is 1.97 bits per heavy atom. The number of benzene rings is 1. The highest BCUT2D eigenvalue weighted by Gasteiger charge is 2.49. The zero-order chi connectivity index (χ0) is 24.3. The molecule has 0 saturated heterocycles. The van der Waals surface area contributed by atoms with Gasteiger partial charge in [0.25, 0.3) is 5.91 Å². The number of carbonyl (C=O) groups is 3. The number of aromatic nitrogens is 2. The number of carbonyl (C=O) groups excluding carboxylic acids is 3. The Labute approximate surface area is 194 Å². The lowest BCUT2D eigenvalue weighted by atomic mass is 9.92. The van der Waals surface area contributed by atoms with Gasteiger partial charge in [-0.1, -0.05) is 6.07 Å². The first-order valence-electron chi connectivity index (χ1n) is 11.0. The van der Waals surface area contributed by atoms with Gasteiger partial charge in [0.15, 0.2) is 5.69 Å². The molecule has 0 radical (unpaired) electrons. The van der Waals surface area contributed by atoms with Crippen molar-refractivity contribution in [2.45, 2.75) is 59.2 Å². The maximum atomic E-state index is 13.7. The highest BCUT2D eigenvalue weighted by molar-refractivity contribution is 6.15. The van der Waals surface area contributed by atoms with Crippen molar-refractivity contribution >= 4 is 23.5 Å². The predicted molar refractivity (Wildman–Crippen MR) is 123 cm³/mol. The van der Waals surface area contributed by atoms with Gasteiger partial charge in [-0.05, 0) is 64.3 Å². The summed E-state index contributed by atoms with van der Waals surface area (Å²) in [6, 6.07) is 5.60. The van der Waals surface area contributed by atoms with Crippen LogP contribution in [0.5, 0.6) is 0 Å². The first-order chi connectivity index (χ1) is 15.6. The molecule has 1 aromatic carbocycles. The minimum atomic E-state index is -1.24. The summed E-state index contributed by atoms with van der Waals surface area (Å²) in [6.07, 6.45) is 2.18.